The fourth-order valence-electron chi connectivity index (χ4n) is 5.64. The Labute approximate surface area is 286 Å². The third kappa shape index (κ3) is 10.7. The third-order valence-electron chi connectivity index (χ3n) is 8.22. The number of Topliss-reactive ketones (excluding diaryl/α,β-unsaturated/α-hetero) is 1. The van der Waals surface area contributed by atoms with Crippen LogP contribution in [0.1, 0.15) is 44.6 Å². The van der Waals surface area contributed by atoms with E-state index in [-0.39, 0.29) is 56.2 Å². The highest BCUT2D eigenvalue weighted by molar-refractivity contribution is 6.01. The number of anilines is 1. The minimum atomic E-state index is -0.524. The van der Waals surface area contributed by atoms with E-state index in [1.165, 1.54) is 0 Å². The number of aromatic nitrogens is 3. The van der Waals surface area contributed by atoms with Gasteiger partial charge in [0.25, 0.3) is 0 Å². The number of unbranched alkanes of at least 4 members (excludes halogenated alkanes) is 1. The van der Waals surface area contributed by atoms with Crippen LogP contribution in [0, 0.1) is 0 Å². The number of methoxy groups -OCH3 is 1. The molecule has 0 radical (unpaired) electrons. The zero-order valence-corrected chi connectivity index (χ0v) is 28.5. The number of nitrogens with zero attached hydrogens (tertiary/aromatic N) is 4. The molecule has 1 atom stereocenters. The number of rotatable bonds is 19. The molecular formula is C35H47N7O7. The van der Waals surface area contributed by atoms with E-state index in [2.05, 4.69) is 26.3 Å². The number of ketones is 1. The van der Waals surface area contributed by atoms with Crippen molar-refractivity contribution < 1.29 is 33.4 Å². The van der Waals surface area contributed by atoms with Gasteiger partial charge in [0.1, 0.15) is 18.1 Å². The molecule has 4 rings (SSSR count). The standard InChI is InChI=1S/C35H47N7O7/c1-25(43)29(36-2)13-8-9-17-38-35(46)49-21-19-42-34-27-11-5-4-10-26(27)24-41(30-14-7-6-12-28(30)33(34)39-40-42)32(45)16-15-31(44)37-18-20-48-23-22-47-3/h4-7,10-12,14,29,36H,8-9,13,15-24H2,1-3H3,(H,37,44)(H,38,46). The first-order valence-electron chi connectivity index (χ1n) is 16.7. The fraction of sp³-hybridized carbons (Fsp3) is 0.486. The number of hydrogen-bond acceptors (Lipinski definition) is 10. The van der Waals surface area contributed by atoms with Gasteiger partial charge in [0.2, 0.25) is 11.8 Å². The zero-order chi connectivity index (χ0) is 35.0. The van der Waals surface area contributed by atoms with Gasteiger partial charge in [-0.3, -0.25) is 14.4 Å². The first-order chi connectivity index (χ1) is 23.8. The summed E-state index contributed by atoms with van der Waals surface area (Å²) in [6, 6.07) is 15.1. The Morgan fingerprint density at radius 2 is 1.67 bits per heavy atom. The fourth-order valence-corrected chi connectivity index (χ4v) is 5.64. The predicted octanol–water partition coefficient (Wildman–Crippen LogP) is 3.09. The van der Waals surface area contributed by atoms with E-state index in [1.807, 2.05) is 48.5 Å². The quantitative estimate of drug-likeness (QED) is 0.161. The maximum Gasteiger partial charge on any atom is 0.407 e. The number of ether oxygens (including phenoxy) is 3. The van der Waals surface area contributed by atoms with Crippen LogP contribution in [0.5, 0.6) is 0 Å². The van der Waals surface area contributed by atoms with Gasteiger partial charge in [-0.2, -0.15) is 0 Å². The van der Waals surface area contributed by atoms with Gasteiger partial charge in [0.05, 0.1) is 50.3 Å². The van der Waals surface area contributed by atoms with E-state index < -0.39 is 6.09 Å². The summed E-state index contributed by atoms with van der Waals surface area (Å²) in [5.74, 6) is -0.315. The summed E-state index contributed by atoms with van der Waals surface area (Å²) in [6.07, 6.45) is 1.78. The zero-order valence-electron chi connectivity index (χ0n) is 28.5. The van der Waals surface area contributed by atoms with Crippen molar-refractivity contribution in [3.8, 4) is 22.5 Å². The van der Waals surface area contributed by atoms with Gasteiger partial charge in [-0.15, -0.1) is 5.10 Å². The summed E-state index contributed by atoms with van der Waals surface area (Å²) >= 11 is 0. The second-order valence-corrected chi connectivity index (χ2v) is 11.6. The lowest BCUT2D eigenvalue weighted by Crippen LogP contribution is -2.34. The molecule has 2 heterocycles. The van der Waals surface area contributed by atoms with E-state index in [0.717, 1.165) is 35.2 Å². The number of carbonyl (C=O) groups excluding carboxylic acids is 4. The molecular weight excluding hydrogens is 630 g/mol. The number of amides is 3. The number of likely N-dealkylation sites (N-methyl/N-ethyl adjacent to an activating group) is 1. The van der Waals surface area contributed by atoms with Crippen LogP contribution in [0.4, 0.5) is 10.5 Å². The molecule has 14 heteroatoms. The Bertz CT molecular complexity index is 1560. The number of hydrogen-bond donors (Lipinski definition) is 3. The lowest BCUT2D eigenvalue weighted by Gasteiger charge is -2.28. The minimum Gasteiger partial charge on any atom is -0.448 e. The van der Waals surface area contributed by atoms with Gasteiger partial charge in [-0.1, -0.05) is 47.7 Å². The molecule has 1 aliphatic rings. The smallest absolute Gasteiger partial charge is 0.407 e. The molecule has 0 saturated carbocycles. The van der Waals surface area contributed by atoms with Crippen molar-refractivity contribution in [3.05, 3.63) is 54.1 Å². The second kappa shape index (κ2) is 19.4. The number of alkyl carbamates (subject to hydrolysis) is 1. The molecule has 49 heavy (non-hydrogen) atoms. The van der Waals surface area contributed by atoms with Crippen LogP contribution >= 0.6 is 0 Å². The van der Waals surface area contributed by atoms with Crippen molar-refractivity contribution in [1.82, 2.24) is 30.9 Å². The molecule has 3 aromatic rings. The van der Waals surface area contributed by atoms with Gasteiger partial charge in [0.15, 0.2) is 0 Å². The number of nitrogens with one attached hydrogen (secondary N) is 3. The highest BCUT2D eigenvalue weighted by atomic mass is 16.5. The Morgan fingerprint density at radius 3 is 2.45 bits per heavy atom. The van der Waals surface area contributed by atoms with Crippen LogP contribution in [0.3, 0.4) is 0 Å². The van der Waals surface area contributed by atoms with Crippen molar-refractivity contribution in [1.29, 1.82) is 0 Å². The molecule has 0 spiro atoms. The van der Waals surface area contributed by atoms with Crippen LogP contribution in [0.2, 0.25) is 0 Å². The lowest BCUT2D eigenvalue weighted by molar-refractivity contribution is -0.125. The summed E-state index contributed by atoms with van der Waals surface area (Å²) < 4.78 is 17.5. The van der Waals surface area contributed by atoms with E-state index in [9.17, 15) is 19.2 Å². The van der Waals surface area contributed by atoms with Gasteiger partial charge < -0.3 is 35.1 Å². The molecule has 1 aliphatic heterocycles. The molecule has 0 aliphatic carbocycles. The number of fused-ring (bicyclic) bond motifs is 5. The molecule has 264 valence electrons. The monoisotopic (exact) mass is 677 g/mol. The molecule has 0 fully saturated rings. The highest BCUT2D eigenvalue weighted by Gasteiger charge is 2.29. The Kier molecular flexibility index (Phi) is 14.7. The van der Waals surface area contributed by atoms with Crippen LogP contribution in [0.15, 0.2) is 48.5 Å². The summed E-state index contributed by atoms with van der Waals surface area (Å²) in [7, 11) is 3.36. The Morgan fingerprint density at radius 1 is 0.898 bits per heavy atom. The van der Waals surface area contributed by atoms with E-state index in [1.54, 1.807) is 30.7 Å². The molecule has 1 unspecified atom stereocenters. The summed E-state index contributed by atoms with van der Waals surface area (Å²) in [5, 5.41) is 17.5. The van der Waals surface area contributed by atoms with Crippen molar-refractivity contribution in [2.75, 3.05) is 58.6 Å². The van der Waals surface area contributed by atoms with E-state index in [0.29, 0.717) is 50.7 Å². The Hall–Kier alpha value is -4.66. The number of carbonyl (C=O) groups is 4. The maximum atomic E-state index is 13.7. The van der Waals surface area contributed by atoms with Crippen LogP contribution in [-0.4, -0.2) is 98.4 Å². The summed E-state index contributed by atoms with van der Waals surface area (Å²) in [4.78, 5) is 51.8. The maximum absolute atomic E-state index is 13.7. The van der Waals surface area contributed by atoms with Gasteiger partial charge in [0, 0.05) is 44.2 Å². The van der Waals surface area contributed by atoms with Crippen molar-refractivity contribution in [2.45, 2.75) is 58.2 Å². The topological polar surface area (TPSA) is 166 Å². The molecule has 3 amide bonds. The molecule has 2 aromatic carbocycles. The van der Waals surface area contributed by atoms with Gasteiger partial charge >= 0.3 is 6.09 Å². The van der Waals surface area contributed by atoms with Crippen LogP contribution < -0.4 is 20.9 Å². The van der Waals surface area contributed by atoms with Crippen molar-refractivity contribution in [3.63, 3.8) is 0 Å². The van der Waals surface area contributed by atoms with Crippen LogP contribution in [0.25, 0.3) is 22.5 Å². The second-order valence-electron chi connectivity index (χ2n) is 11.6. The highest BCUT2D eigenvalue weighted by Crippen LogP contribution is 2.41. The first-order valence-corrected chi connectivity index (χ1v) is 16.7. The normalized spacial score (nSPS) is 12.5. The molecule has 3 N–H and O–H groups in total. The van der Waals surface area contributed by atoms with Crippen LogP contribution in [-0.2, 0) is 41.7 Å². The predicted molar refractivity (Wildman–Crippen MR) is 184 cm³/mol. The minimum absolute atomic E-state index is 0.0285. The SMILES string of the molecule is CNC(CCCCNC(=O)OCCn1nnc2c1-c1ccccc1CN(C(=O)CCC(=O)NCCOCCOC)c1ccccc1-2)C(C)=O. The number of para-hydroxylation sites is 1. The molecule has 14 nitrogen and oxygen atoms in total. The van der Waals surface area contributed by atoms with Crippen molar-refractivity contribution in [2.24, 2.45) is 0 Å². The molecule has 0 saturated heterocycles. The van der Waals surface area contributed by atoms with Gasteiger partial charge in [-0.25, -0.2) is 9.48 Å². The molecule has 0 bridgehead atoms. The number of benzene rings is 2. The van der Waals surface area contributed by atoms with E-state index >= 15 is 0 Å². The average Bonchev–Trinajstić information content (AvgIpc) is 3.51. The van der Waals surface area contributed by atoms with Gasteiger partial charge in [-0.05, 0) is 44.9 Å². The van der Waals surface area contributed by atoms with Crippen molar-refractivity contribution >= 4 is 29.4 Å². The van der Waals surface area contributed by atoms with E-state index in [4.69, 9.17) is 14.2 Å². The Balaban J connectivity index is 1.40. The summed E-state index contributed by atoms with van der Waals surface area (Å²) in [5.41, 5.74) is 4.50. The molecule has 1 aromatic heterocycles. The third-order valence-corrected chi connectivity index (χ3v) is 8.22. The average molecular weight is 678 g/mol. The first kappa shape index (κ1) is 37.2. The summed E-state index contributed by atoms with van der Waals surface area (Å²) in [6.45, 7) is 4.29. The lowest BCUT2D eigenvalue weighted by atomic mass is 9.95. The largest absolute Gasteiger partial charge is 0.448 e.